The average molecular weight is 295 g/mol. The fraction of sp³-hybridized carbons (Fsp3) is 0.444. The predicted molar refractivity (Wildman–Crippen MR) is 86.3 cm³/mol. The number of nitrogens with two attached hydrogens (primary N) is 1. The normalized spacial score (nSPS) is 23.0. The van der Waals surface area contributed by atoms with Crippen LogP contribution in [0.15, 0.2) is 36.5 Å². The van der Waals surface area contributed by atoms with Crippen LogP contribution in [0.5, 0.6) is 0 Å². The van der Waals surface area contributed by atoms with Crippen LogP contribution in [0.1, 0.15) is 24.8 Å². The van der Waals surface area contributed by atoms with Crippen molar-refractivity contribution in [1.29, 1.82) is 0 Å². The molecular formula is C18H21N3O. The lowest BCUT2D eigenvalue weighted by atomic mass is 9.66. The number of pyridine rings is 1. The molecule has 1 atom stereocenters. The molecule has 0 radical (unpaired) electrons. The summed E-state index contributed by atoms with van der Waals surface area (Å²) in [6, 6.07) is 10.1. The van der Waals surface area contributed by atoms with Crippen LogP contribution >= 0.6 is 0 Å². The van der Waals surface area contributed by atoms with Gasteiger partial charge in [-0.25, -0.2) is 0 Å². The highest BCUT2D eigenvalue weighted by atomic mass is 16.2. The van der Waals surface area contributed by atoms with E-state index in [0.29, 0.717) is 13.0 Å². The molecule has 1 amide bonds. The third-order valence-electron chi connectivity index (χ3n) is 5.49. The molecule has 0 bridgehead atoms. The zero-order valence-corrected chi connectivity index (χ0v) is 12.7. The third kappa shape index (κ3) is 2.10. The van der Waals surface area contributed by atoms with Gasteiger partial charge >= 0.3 is 0 Å². The van der Waals surface area contributed by atoms with Crippen LogP contribution in [0.3, 0.4) is 0 Å². The first-order valence-electron chi connectivity index (χ1n) is 8.04. The van der Waals surface area contributed by atoms with E-state index in [1.54, 1.807) is 6.20 Å². The Bertz CT molecular complexity index is 718. The van der Waals surface area contributed by atoms with Crippen molar-refractivity contribution in [3.8, 4) is 0 Å². The molecular weight excluding hydrogens is 274 g/mol. The summed E-state index contributed by atoms with van der Waals surface area (Å²) < 4.78 is 0. The van der Waals surface area contributed by atoms with Gasteiger partial charge < -0.3 is 10.6 Å². The van der Waals surface area contributed by atoms with E-state index >= 15 is 0 Å². The van der Waals surface area contributed by atoms with Gasteiger partial charge in [0.1, 0.15) is 0 Å². The van der Waals surface area contributed by atoms with Gasteiger partial charge in [0.25, 0.3) is 0 Å². The van der Waals surface area contributed by atoms with Gasteiger partial charge in [-0.15, -0.1) is 0 Å². The molecule has 1 aliphatic heterocycles. The number of likely N-dealkylation sites (tertiary alicyclic amines) is 1. The minimum Gasteiger partial charge on any atom is -0.340 e. The molecule has 1 aromatic carbocycles. The third-order valence-corrected chi connectivity index (χ3v) is 5.49. The van der Waals surface area contributed by atoms with Crippen molar-refractivity contribution in [2.75, 3.05) is 13.1 Å². The summed E-state index contributed by atoms with van der Waals surface area (Å²) in [5.41, 5.74) is 8.50. The highest BCUT2D eigenvalue weighted by Crippen LogP contribution is 2.47. The molecule has 2 aliphatic rings. The first kappa shape index (κ1) is 13.7. The van der Waals surface area contributed by atoms with E-state index in [1.807, 2.05) is 35.2 Å². The van der Waals surface area contributed by atoms with E-state index in [-0.39, 0.29) is 17.4 Å². The standard InChI is InChI=1S/C18H21N3O/c19-16-11-21(12-18(16)7-3-8-18)17(22)10-13-4-1-6-15-14(13)5-2-9-20-15/h1-2,4-6,9,16H,3,7-8,10-12,19H2. The van der Waals surface area contributed by atoms with Crippen LogP contribution < -0.4 is 5.73 Å². The fourth-order valence-electron chi connectivity index (χ4n) is 3.94. The molecule has 22 heavy (non-hydrogen) atoms. The Kier molecular flexibility index (Phi) is 3.15. The van der Waals surface area contributed by atoms with Gasteiger partial charge in [-0.1, -0.05) is 24.6 Å². The number of carbonyl (C=O) groups excluding carboxylic acids is 1. The lowest BCUT2D eigenvalue weighted by Crippen LogP contribution is -2.45. The summed E-state index contributed by atoms with van der Waals surface area (Å²) in [5, 5.41) is 1.07. The van der Waals surface area contributed by atoms with Crippen LogP contribution in [0, 0.1) is 5.41 Å². The Morgan fingerprint density at radius 2 is 2.18 bits per heavy atom. The highest BCUT2D eigenvalue weighted by molar-refractivity contribution is 5.88. The van der Waals surface area contributed by atoms with E-state index < -0.39 is 0 Å². The topological polar surface area (TPSA) is 59.2 Å². The van der Waals surface area contributed by atoms with Crippen molar-refractivity contribution in [2.24, 2.45) is 11.1 Å². The Labute approximate surface area is 130 Å². The number of hydrogen-bond donors (Lipinski definition) is 1. The summed E-state index contributed by atoms with van der Waals surface area (Å²) in [6.07, 6.45) is 5.83. The maximum absolute atomic E-state index is 12.7. The van der Waals surface area contributed by atoms with Gasteiger partial charge in [0.15, 0.2) is 0 Å². The van der Waals surface area contributed by atoms with Crippen molar-refractivity contribution in [2.45, 2.75) is 31.7 Å². The van der Waals surface area contributed by atoms with Crippen LogP contribution in [-0.4, -0.2) is 34.9 Å². The minimum atomic E-state index is 0.152. The summed E-state index contributed by atoms with van der Waals surface area (Å²) in [5.74, 6) is 0.190. The monoisotopic (exact) mass is 295 g/mol. The smallest absolute Gasteiger partial charge is 0.227 e. The van der Waals surface area contributed by atoms with Crippen molar-refractivity contribution in [3.63, 3.8) is 0 Å². The van der Waals surface area contributed by atoms with Gasteiger partial charge in [-0.2, -0.15) is 0 Å². The summed E-state index contributed by atoms with van der Waals surface area (Å²) >= 11 is 0. The van der Waals surface area contributed by atoms with Crippen LogP contribution in [-0.2, 0) is 11.2 Å². The van der Waals surface area contributed by atoms with E-state index in [2.05, 4.69) is 4.98 Å². The molecule has 1 aromatic heterocycles. The SMILES string of the molecule is NC1CN(C(=O)Cc2cccc3ncccc23)CC12CCC2. The number of carbonyl (C=O) groups is 1. The Hall–Kier alpha value is -1.94. The Morgan fingerprint density at radius 1 is 1.32 bits per heavy atom. The van der Waals surface area contributed by atoms with Crippen LogP contribution in [0.4, 0.5) is 0 Å². The van der Waals surface area contributed by atoms with Gasteiger partial charge in [-0.05, 0) is 30.5 Å². The number of aromatic nitrogens is 1. The molecule has 1 saturated carbocycles. The van der Waals surface area contributed by atoms with Gasteiger partial charge in [0.05, 0.1) is 11.9 Å². The van der Waals surface area contributed by atoms with E-state index in [1.165, 1.54) is 19.3 Å². The van der Waals surface area contributed by atoms with Crippen molar-refractivity contribution in [3.05, 3.63) is 42.1 Å². The lowest BCUT2D eigenvalue weighted by molar-refractivity contribution is -0.130. The highest BCUT2D eigenvalue weighted by Gasteiger charge is 2.49. The summed E-state index contributed by atoms with van der Waals surface area (Å²) in [4.78, 5) is 19.0. The van der Waals surface area contributed by atoms with Crippen molar-refractivity contribution < 1.29 is 4.79 Å². The number of hydrogen-bond acceptors (Lipinski definition) is 3. The first-order valence-corrected chi connectivity index (χ1v) is 8.04. The second kappa shape index (κ2) is 5.06. The number of amides is 1. The van der Waals surface area contributed by atoms with E-state index in [4.69, 9.17) is 5.73 Å². The van der Waals surface area contributed by atoms with Gasteiger partial charge in [0.2, 0.25) is 5.91 Å². The zero-order chi connectivity index (χ0) is 15.2. The average Bonchev–Trinajstić information content (AvgIpc) is 2.86. The molecule has 4 nitrogen and oxygen atoms in total. The second-order valence-electron chi connectivity index (χ2n) is 6.76. The number of benzene rings is 1. The van der Waals surface area contributed by atoms with Crippen LogP contribution in [0.25, 0.3) is 10.9 Å². The molecule has 4 rings (SSSR count). The maximum atomic E-state index is 12.7. The zero-order valence-electron chi connectivity index (χ0n) is 12.7. The molecule has 2 fully saturated rings. The van der Waals surface area contributed by atoms with Crippen molar-refractivity contribution >= 4 is 16.8 Å². The minimum absolute atomic E-state index is 0.152. The number of fused-ring (bicyclic) bond motifs is 1. The van der Waals surface area contributed by atoms with E-state index in [0.717, 1.165) is 23.0 Å². The fourth-order valence-corrected chi connectivity index (χ4v) is 3.94. The van der Waals surface area contributed by atoms with Gasteiger partial charge in [0, 0.05) is 36.1 Å². The molecule has 114 valence electrons. The molecule has 4 heteroatoms. The molecule has 2 aromatic rings. The molecule has 1 saturated heterocycles. The lowest BCUT2D eigenvalue weighted by Gasteiger charge is -2.41. The number of nitrogens with zero attached hydrogens (tertiary/aromatic N) is 2. The van der Waals surface area contributed by atoms with Gasteiger partial charge in [-0.3, -0.25) is 9.78 Å². The molecule has 2 heterocycles. The maximum Gasteiger partial charge on any atom is 0.227 e. The number of rotatable bonds is 2. The molecule has 1 unspecified atom stereocenters. The Balaban J connectivity index is 1.54. The molecule has 1 spiro atoms. The predicted octanol–water partition coefficient (Wildman–Crippen LogP) is 2.12. The summed E-state index contributed by atoms with van der Waals surface area (Å²) in [6.45, 7) is 1.55. The first-order chi connectivity index (χ1) is 10.7. The summed E-state index contributed by atoms with van der Waals surface area (Å²) in [7, 11) is 0. The van der Waals surface area contributed by atoms with Crippen LogP contribution in [0.2, 0.25) is 0 Å². The Morgan fingerprint density at radius 3 is 2.91 bits per heavy atom. The van der Waals surface area contributed by atoms with E-state index in [9.17, 15) is 4.79 Å². The van der Waals surface area contributed by atoms with Crippen molar-refractivity contribution in [1.82, 2.24) is 9.88 Å². The molecule has 1 aliphatic carbocycles. The largest absolute Gasteiger partial charge is 0.340 e. The quantitative estimate of drug-likeness (QED) is 0.923. The molecule has 2 N–H and O–H groups in total. The second-order valence-corrected chi connectivity index (χ2v) is 6.76.